The van der Waals surface area contributed by atoms with E-state index in [9.17, 15) is 0 Å². The lowest BCUT2D eigenvalue weighted by Gasteiger charge is -2.07. The molecule has 0 saturated heterocycles. The molecule has 2 nitrogen and oxygen atoms in total. The van der Waals surface area contributed by atoms with Crippen molar-refractivity contribution in [3.05, 3.63) is 51.6 Å². The minimum atomic E-state index is 0.509. The molecule has 1 aromatic heterocycles. The van der Waals surface area contributed by atoms with Crippen LogP contribution in [-0.4, -0.2) is 4.98 Å². The zero-order chi connectivity index (χ0) is 11.5. The standard InChI is InChI=1S/C12H9BrClNO/c1-8-3-2-4-10(5-8)16-12-11(13)6-9(14)7-15-12/h2-7H,1H3. The highest BCUT2D eigenvalue weighted by Gasteiger charge is 2.05. The van der Waals surface area contributed by atoms with Crippen LogP contribution in [0.5, 0.6) is 11.6 Å². The van der Waals surface area contributed by atoms with E-state index < -0.39 is 0 Å². The molecule has 0 bridgehead atoms. The fourth-order valence-corrected chi connectivity index (χ4v) is 1.99. The molecule has 2 rings (SSSR count). The van der Waals surface area contributed by atoms with Crippen LogP contribution in [0.4, 0.5) is 0 Å². The Morgan fingerprint density at radius 2 is 2.12 bits per heavy atom. The maximum absolute atomic E-state index is 5.80. The van der Waals surface area contributed by atoms with Gasteiger partial charge < -0.3 is 4.74 Å². The lowest BCUT2D eigenvalue weighted by Crippen LogP contribution is -1.89. The first-order valence-corrected chi connectivity index (χ1v) is 5.88. The Hall–Kier alpha value is -1.06. The normalized spacial score (nSPS) is 10.2. The Labute approximate surface area is 107 Å². The summed E-state index contributed by atoms with van der Waals surface area (Å²) in [5.74, 6) is 1.27. The van der Waals surface area contributed by atoms with Crippen LogP contribution >= 0.6 is 27.5 Å². The second-order valence-corrected chi connectivity index (χ2v) is 4.65. The van der Waals surface area contributed by atoms with Crippen LogP contribution in [0.2, 0.25) is 5.02 Å². The molecule has 2 aromatic rings. The van der Waals surface area contributed by atoms with E-state index in [1.54, 1.807) is 12.3 Å². The number of hydrogen-bond acceptors (Lipinski definition) is 2. The quantitative estimate of drug-likeness (QED) is 0.808. The predicted octanol–water partition coefficient (Wildman–Crippen LogP) is 4.60. The highest BCUT2D eigenvalue weighted by molar-refractivity contribution is 9.10. The fraction of sp³-hybridized carbons (Fsp3) is 0.0833. The molecule has 0 aliphatic heterocycles. The molecule has 4 heteroatoms. The molecule has 0 fully saturated rings. The summed E-state index contributed by atoms with van der Waals surface area (Å²) < 4.78 is 6.37. The Bertz CT molecular complexity index is 516. The maximum atomic E-state index is 5.80. The largest absolute Gasteiger partial charge is 0.438 e. The van der Waals surface area contributed by atoms with E-state index in [0.717, 1.165) is 15.8 Å². The third kappa shape index (κ3) is 2.74. The van der Waals surface area contributed by atoms with Crippen LogP contribution in [-0.2, 0) is 0 Å². The second-order valence-electron chi connectivity index (χ2n) is 3.36. The van der Waals surface area contributed by atoms with Crippen molar-refractivity contribution in [2.75, 3.05) is 0 Å². The average molecular weight is 299 g/mol. The van der Waals surface area contributed by atoms with Gasteiger partial charge in [0.25, 0.3) is 0 Å². The summed E-state index contributed by atoms with van der Waals surface area (Å²) in [5.41, 5.74) is 1.14. The van der Waals surface area contributed by atoms with Crippen molar-refractivity contribution in [2.24, 2.45) is 0 Å². The van der Waals surface area contributed by atoms with Gasteiger partial charge in [0.1, 0.15) is 5.75 Å². The van der Waals surface area contributed by atoms with Gasteiger partial charge in [-0.05, 0) is 46.6 Å². The Morgan fingerprint density at radius 1 is 1.31 bits per heavy atom. The summed E-state index contributed by atoms with van der Waals surface area (Å²) in [7, 11) is 0. The van der Waals surface area contributed by atoms with Crippen molar-refractivity contribution in [3.8, 4) is 11.6 Å². The van der Waals surface area contributed by atoms with Crippen LogP contribution in [0.25, 0.3) is 0 Å². The molecule has 16 heavy (non-hydrogen) atoms. The van der Waals surface area contributed by atoms with E-state index in [0.29, 0.717) is 10.9 Å². The lowest BCUT2D eigenvalue weighted by molar-refractivity contribution is 0.459. The SMILES string of the molecule is Cc1cccc(Oc2ncc(Cl)cc2Br)c1. The number of aromatic nitrogens is 1. The van der Waals surface area contributed by atoms with Gasteiger partial charge in [-0.15, -0.1) is 0 Å². The van der Waals surface area contributed by atoms with Gasteiger partial charge in [0.15, 0.2) is 0 Å². The minimum Gasteiger partial charge on any atom is -0.438 e. The van der Waals surface area contributed by atoms with Crippen molar-refractivity contribution in [2.45, 2.75) is 6.92 Å². The average Bonchev–Trinajstić information content (AvgIpc) is 2.22. The molecule has 1 aromatic carbocycles. The molecule has 0 spiro atoms. The molecule has 1 heterocycles. The zero-order valence-corrected chi connectivity index (χ0v) is 10.9. The first-order valence-electron chi connectivity index (χ1n) is 4.71. The van der Waals surface area contributed by atoms with Crippen molar-refractivity contribution in [1.82, 2.24) is 4.98 Å². The number of rotatable bonds is 2. The summed E-state index contributed by atoms with van der Waals surface area (Å²) in [6.45, 7) is 2.01. The van der Waals surface area contributed by atoms with Gasteiger partial charge in [0.2, 0.25) is 5.88 Å². The first kappa shape index (κ1) is 11.4. The molecular formula is C12H9BrClNO. The zero-order valence-electron chi connectivity index (χ0n) is 8.58. The van der Waals surface area contributed by atoms with Gasteiger partial charge in [-0.2, -0.15) is 0 Å². The number of aryl methyl sites for hydroxylation is 1. The van der Waals surface area contributed by atoms with Gasteiger partial charge in [0.05, 0.1) is 9.50 Å². The van der Waals surface area contributed by atoms with E-state index in [4.69, 9.17) is 16.3 Å². The lowest BCUT2D eigenvalue weighted by atomic mass is 10.2. The third-order valence-electron chi connectivity index (χ3n) is 1.98. The van der Waals surface area contributed by atoms with E-state index in [2.05, 4.69) is 20.9 Å². The van der Waals surface area contributed by atoms with Crippen molar-refractivity contribution in [1.29, 1.82) is 0 Å². The Balaban J connectivity index is 2.27. The Morgan fingerprint density at radius 3 is 2.81 bits per heavy atom. The van der Waals surface area contributed by atoms with Gasteiger partial charge in [-0.3, -0.25) is 0 Å². The fourth-order valence-electron chi connectivity index (χ4n) is 1.27. The summed E-state index contributed by atoms with van der Waals surface area (Å²) >= 11 is 9.15. The highest BCUT2D eigenvalue weighted by atomic mass is 79.9. The van der Waals surface area contributed by atoms with Gasteiger partial charge in [-0.25, -0.2) is 4.98 Å². The molecule has 0 aliphatic carbocycles. The monoisotopic (exact) mass is 297 g/mol. The number of halogens is 2. The van der Waals surface area contributed by atoms with Crippen molar-refractivity contribution >= 4 is 27.5 Å². The summed E-state index contributed by atoms with van der Waals surface area (Å²) in [5, 5.41) is 0.573. The second kappa shape index (κ2) is 4.85. The molecule has 0 atom stereocenters. The van der Waals surface area contributed by atoms with Crippen molar-refractivity contribution < 1.29 is 4.74 Å². The van der Waals surface area contributed by atoms with Crippen molar-refractivity contribution in [3.63, 3.8) is 0 Å². The highest BCUT2D eigenvalue weighted by Crippen LogP contribution is 2.29. The van der Waals surface area contributed by atoms with Gasteiger partial charge >= 0.3 is 0 Å². The van der Waals surface area contributed by atoms with Crippen LogP contribution in [0.3, 0.4) is 0 Å². The molecule has 0 unspecified atom stereocenters. The molecule has 0 amide bonds. The molecule has 82 valence electrons. The van der Waals surface area contributed by atoms with E-state index in [1.807, 2.05) is 31.2 Å². The minimum absolute atomic E-state index is 0.509. The van der Waals surface area contributed by atoms with E-state index in [1.165, 1.54) is 0 Å². The first-order chi connectivity index (χ1) is 7.65. The molecule has 0 radical (unpaired) electrons. The Kier molecular flexibility index (Phi) is 3.46. The smallest absolute Gasteiger partial charge is 0.233 e. The number of pyridine rings is 1. The molecular weight excluding hydrogens is 289 g/mol. The van der Waals surface area contributed by atoms with E-state index in [-0.39, 0.29) is 0 Å². The predicted molar refractivity (Wildman–Crippen MR) is 68.2 cm³/mol. The summed E-state index contributed by atoms with van der Waals surface area (Å²) in [6, 6.07) is 9.53. The number of hydrogen-bond donors (Lipinski definition) is 0. The third-order valence-corrected chi connectivity index (χ3v) is 2.75. The number of ether oxygens (including phenoxy) is 1. The molecule has 0 aliphatic rings. The van der Waals surface area contributed by atoms with Gasteiger partial charge in [-0.1, -0.05) is 23.7 Å². The number of benzene rings is 1. The van der Waals surface area contributed by atoms with Crippen LogP contribution in [0.1, 0.15) is 5.56 Å². The van der Waals surface area contributed by atoms with Crippen LogP contribution in [0, 0.1) is 6.92 Å². The van der Waals surface area contributed by atoms with Crippen LogP contribution < -0.4 is 4.74 Å². The van der Waals surface area contributed by atoms with E-state index >= 15 is 0 Å². The molecule has 0 saturated carbocycles. The van der Waals surface area contributed by atoms with Gasteiger partial charge in [0, 0.05) is 6.20 Å². The summed E-state index contributed by atoms with van der Waals surface area (Å²) in [6.07, 6.45) is 1.55. The molecule has 0 N–H and O–H groups in total. The topological polar surface area (TPSA) is 22.1 Å². The maximum Gasteiger partial charge on any atom is 0.233 e. The number of nitrogens with zero attached hydrogens (tertiary/aromatic N) is 1. The summed E-state index contributed by atoms with van der Waals surface area (Å²) in [4.78, 5) is 4.10. The van der Waals surface area contributed by atoms with Crippen LogP contribution in [0.15, 0.2) is 41.0 Å².